The molecule has 3 heteroatoms. The highest BCUT2D eigenvalue weighted by molar-refractivity contribution is 14.1. The number of nitrogens with zero attached hydrogens (tertiary/aromatic N) is 2. The number of benzene rings is 2. The molecular weight excluding hydrogens is 371 g/mol. The van der Waals surface area contributed by atoms with Gasteiger partial charge in [0.05, 0.1) is 0 Å². The summed E-state index contributed by atoms with van der Waals surface area (Å²) in [6.45, 7) is 1.01. The number of rotatable bonds is 3. The van der Waals surface area contributed by atoms with Crippen LogP contribution in [0.5, 0.6) is 0 Å². The molecule has 0 amide bonds. The molecule has 0 N–H and O–H groups in total. The average molecular weight is 386 g/mol. The van der Waals surface area contributed by atoms with Crippen LogP contribution in [0.2, 0.25) is 0 Å². The molecule has 1 atom stereocenters. The van der Waals surface area contributed by atoms with Crippen LogP contribution in [0.1, 0.15) is 17.0 Å². The lowest BCUT2D eigenvalue weighted by Gasteiger charge is -2.30. The topological polar surface area (TPSA) is 17.8 Å². The van der Waals surface area contributed by atoms with Gasteiger partial charge in [-0.05, 0) is 52.3 Å². The minimum absolute atomic E-state index is 0.622. The molecular formula is C18H15IN2. The van der Waals surface area contributed by atoms with E-state index in [4.69, 9.17) is 0 Å². The van der Waals surface area contributed by atoms with Crippen LogP contribution in [0.15, 0.2) is 60.9 Å². The lowest BCUT2D eigenvalue weighted by Crippen LogP contribution is -2.22. The third kappa shape index (κ3) is 2.39. The van der Waals surface area contributed by atoms with Gasteiger partial charge in [-0.15, -0.1) is 0 Å². The maximum absolute atomic E-state index is 4.55. The fourth-order valence-corrected chi connectivity index (χ4v) is 3.65. The van der Waals surface area contributed by atoms with Gasteiger partial charge in [-0.1, -0.05) is 36.4 Å². The van der Waals surface area contributed by atoms with Crippen molar-refractivity contribution in [1.29, 1.82) is 0 Å². The molecule has 3 aromatic rings. The summed E-state index contributed by atoms with van der Waals surface area (Å²) in [6.07, 6.45) is 5.18. The molecule has 1 unspecified atom stereocenters. The van der Waals surface area contributed by atoms with Crippen LogP contribution in [0.3, 0.4) is 0 Å². The third-order valence-corrected chi connectivity index (χ3v) is 4.85. The Morgan fingerprint density at radius 1 is 1.14 bits per heavy atom. The number of aromatic nitrogens is 2. The van der Waals surface area contributed by atoms with E-state index in [9.17, 15) is 0 Å². The Bertz CT molecular complexity index is 791. The highest BCUT2D eigenvalue weighted by Gasteiger charge is 2.26. The fraction of sp³-hybridized carbons (Fsp3) is 0.167. The highest BCUT2D eigenvalue weighted by atomic mass is 127. The van der Waals surface area contributed by atoms with Gasteiger partial charge in [-0.2, -0.15) is 0 Å². The number of imidazole rings is 1. The van der Waals surface area contributed by atoms with Crippen LogP contribution in [0.4, 0.5) is 0 Å². The largest absolute Gasteiger partial charge is 0.330 e. The molecule has 4 rings (SSSR count). The average Bonchev–Trinajstić information content (AvgIpc) is 2.93. The Labute approximate surface area is 138 Å². The van der Waals surface area contributed by atoms with Crippen molar-refractivity contribution >= 4 is 22.6 Å². The van der Waals surface area contributed by atoms with Gasteiger partial charge in [0.25, 0.3) is 0 Å². The quantitative estimate of drug-likeness (QED) is 0.607. The van der Waals surface area contributed by atoms with Gasteiger partial charge in [0, 0.05) is 34.0 Å². The summed E-state index contributed by atoms with van der Waals surface area (Å²) in [7, 11) is 0. The molecule has 2 nitrogen and oxygen atoms in total. The first kappa shape index (κ1) is 13.1. The van der Waals surface area contributed by atoms with Crippen molar-refractivity contribution in [3.63, 3.8) is 0 Å². The second-order valence-corrected chi connectivity index (χ2v) is 6.76. The Morgan fingerprint density at radius 3 is 2.90 bits per heavy atom. The number of fused-ring (bicyclic) bond motifs is 1. The normalized spacial score (nSPS) is 16.3. The van der Waals surface area contributed by atoms with Crippen molar-refractivity contribution < 1.29 is 0 Å². The maximum atomic E-state index is 4.55. The molecule has 0 fully saturated rings. The monoisotopic (exact) mass is 386 g/mol. The van der Waals surface area contributed by atoms with Gasteiger partial charge >= 0.3 is 0 Å². The molecule has 0 saturated heterocycles. The summed E-state index contributed by atoms with van der Waals surface area (Å²) in [5.41, 5.74) is 4.19. The second kappa shape index (κ2) is 5.30. The third-order valence-electron chi connectivity index (χ3n) is 4.18. The van der Waals surface area contributed by atoms with Gasteiger partial charge < -0.3 is 4.57 Å². The Hall–Kier alpha value is -1.62. The van der Waals surface area contributed by atoms with Crippen molar-refractivity contribution in [2.75, 3.05) is 0 Å². The smallest absolute Gasteiger partial charge is 0.139 e. The molecule has 0 spiro atoms. The second-order valence-electron chi connectivity index (χ2n) is 5.51. The first-order chi connectivity index (χ1) is 10.3. The van der Waals surface area contributed by atoms with E-state index in [1.165, 1.54) is 26.7 Å². The van der Waals surface area contributed by atoms with E-state index in [0.29, 0.717) is 5.92 Å². The van der Waals surface area contributed by atoms with Gasteiger partial charge in [-0.3, -0.25) is 0 Å². The molecule has 0 radical (unpaired) electrons. The van der Waals surface area contributed by atoms with Crippen LogP contribution >= 0.6 is 22.6 Å². The highest BCUT2D eigenvalue weighted by Crippen LogP contribution is 2.36. The van der Waals surface area contributed by atoms with E-state index in [2.05, 4.69) is 86.9 Å². The summed E-state index contributed by atoms with van der Waals surface area (Å²) >= 11 is 2.35. The lowest BCUT2D eigenvalue weighted by molar-refractivity contribution is 0.511. The van der Waals surface area contributed by atoms with Crippen LogP contribution in [-0.4, -0.2) is 9.55 Å². The molecule has 1 heterocycles. The molecule has 0 aliphatic heterocycles. The van der Waals surface area contributed by atoms with Crippen molar-refractivity contribution in [2.24, 2.45) is 0 Å². The van der Waals surface area contributed by atoms with E-state index in [1.807, 2.05) is 6.20 Å². The molecule has 104 valence electrons. The summed E-state index contributed by atoms with van der Waals surface area (Å²) in [5.74, 6) is 1.69. The van der Waals surface area contributed by atoms with Crippen LogP contribution in [0.25, 0.3) is 11.4 Å². The first-order valence-corrected chi connectivity index (χ1v) is 8.24. The summed E-state index contributed by atoms with van der Waals surface area (Å²) in [4.78, 5) is 4.55. The number of hydrogen-bond acceptors (Lipinski definition) is 1. The minimum Gasteiger partial charge on any atom is -0.330 e. The number of hydrogen-bond donors (Lipinski definition) is 0. The molecule has 0 bridgehead atoms. The van der Waals surface area contributed by atoms with Crippen molar-refractivity contribution in [1.82, 2.24) is 9.55 Å². The first-order valence-electron chi connectivity index (χ1n) is 7.16. The zero-order valence-electron chi connectivity index (χ0n) is 11.5. The molecule has 0 saturated carbocycles. The van der Waals surface area contributed by atoms with Crippen LogP contribution in [-0.2, 0) is 13.0 Å². The van der Waals surface area contributed by atoms with Gasteiger partial charge in [0.1, 0.15) is 5.82 Å². The summed E-state index contributed by atoms with van der Waals surface area (Å²) < 4.78 is 3.53. The van der Waals surface area contributed by atoms with E-state index >= 15 is 0 Å². The van der Waals surface area contributed by atoms with E-state index in [-0.39, 0.29) is 0 Å². The fourth-order valence-electron chi connectivity index (χ4n) is 3.11. The minimum atomic E-state index is 0.622. The predicted octanol–water partition coefficient (Wildman–Crippen LogP) is 4.49. The van der Waals surface area contributed by atoms with Crippen molar-refractivity contribution in [3.05, 3.63) is 75.6 Å². The Balaban J connectivity index is 1.62. The zero-order chi connectivity index (χ0) is 14.2. The van der Waals surface area contributed by atoms with E-state index < -0.39 is 0 Å². The molecule has 1 aromatic heterocycles. The van der Waals surface area contributed by atoms with E-state index in [1.54, 1.807) is 0 Å². The Kier molecular flexibility index (Phi) is 3.30. The predicted molar refractivity (Wildman–Crippen MR) is 93.3 cm³/mol. The molecule has 1 aliphatic rings. The zero-order valence-corrected chi connectivity index (χ0v) is 13.7. The van der Waals surface area contributed by atoms with Crippen molar-refractivity contribution in [2.45, 2.75) is 18.9 Å². The standard InChI is InChI=1S/C18H15IN2/c19-16-6-3-5-14(11-16)18-20-8-9-21(18)12-15-10-13-4-1-2-7-17(13)15/h1-9,11,15H,10,12H2. The molecule has 2 aromatic carbocycles. The van der Waals surface area contributed by atoms with E-state index in [0.717, 1.165) is 12.4 Å². The SMILES string of the molecule is Ic1cccc(-c2nccn2CC2Cc3ccccc32)c1. The van der Waals surface area contributed by atoms with Gasteiger partial charge in [0.2, 0.25) is 0 Å². The van der Waals surface area contributed by atoms with Gasteiger partial charge in [-0.25, -0.2) is 4.98 Å². The number of halogens is 1. The van der Waals surface area contributed by atoms with Crippen LogP contribution < -0.4 is 0 Å². The van der Waals surface area contributed by atoms with Gasteiger partial charge in [0.15, 0.2) is 0 Å². The molecule has 21 heavy (non-hydrogen) atoms. The Morgan fingerprint density at radius 2 is 2.05 bits per heavy atom. The van der Waals surface area contributed by atoms with Crippen LogP contribution in [0, 0.1) is 3.57 Å². The summed E-state index contributed by atoms with van der Waals surface area (Å²) in [5, 5.41) is 0. The molecule has 1 aliphatic carbocycles. The van der Waals surface area contributed by atoms with Crippen molar-refractivity contribution in [3.8, 4) is 11.4 Å². The lowest BCUT2D eigenvalue weighted by atomic mass is 9.77. The summed E-state index contributed by atoms with van der Waals surface area (Å²) in [6, 6.07) is 17.3. The maximum Gasteiger partial charge on any atom is 0.139 e.